The number of carbonyl (C=O) groups excluding carboxylic acids is 2. The zero-order chi connectivity index (χ0) is 24.1. The molecule has 188 valence electrons. The summed E-state index contributed by atoms with van der Waals surface area (Å²) in [6.07, 6.45) is 3.15. The van der Waals surface area contributed by atoms with Gasteiger partial charge in [-0.05, 0) is 65.1 Å². The number of hydrogen-bond donors (Lipinski definition) is 2. The molecular weight excluding hydrogens is 436 g/mol. The Hall–Kier alpha value is -2.68. The van der Waals surface area contributed by atoms with Crippen LogP contribution in [-0.4, -0.2) is 85.0 Å². The number of amides is 3. The second-order valence-electron chi connectivity index (χ2n) is 10.5. The number of urea groups is 1. The normalized spacial score (nSPS) is 23.8. The number of ether oxygens (including phenoxy) is 3. The minimum atomic E-state index is -0.499. The monoisotopic (exact) mass is 474 g/mol. The molecular formula is C25H38N4O5. The molecule has 0 aliphatic carbocycles. The van der Waals surface area contributed by atoms with Crippen molar-refractivity contribution in [1.82, 2.24) is 20.4 Å². The summed E-state index contributed by atoms with van der Waals surface area (Å²) < 4.78 is 17.4. The zero-order valence-electron chi connectivity index (χ0n) is 20.5. The summed E-state index contributed by atoms with van der Waals surface area (Å²) in [4.78, 5) is 28.9. The number of likely N-dealkylation sites (tertiary alicyclic amines) is 2. The van der Waals surface area contributed by atoms with Crippen LogP contribution in [0.1, 0.15) is 46.5 Å². The molecule has 3 aliphatic heterocycles. The van der Waals surface area contributed by atoms with Gasteiger partial charge in [0, 0.05) is 38.3 Å². The first-order valence-electron chi connectivity index (χ1n) is 12.4. The summed E-state index contributed by atoms with van der Waals surface area (Å²) >= 11 is 0. The van der Waals surface area contributed by atoms with Crippen LogP contribution in [0.25, 0.3) is 0 Å². The smallest absolute Gasteiger partial charge is 0.410 e. The molecule has 1 aromatic rings. The largest absolute Gasteiger partial charge is 0.486 e. The van der Waals surface area contributed by atoms with Crippen LogP contribution in [0.15, 0.2) is 24.3 Å². The number of rotatable bonds is 4. The van der Waals surface area contributed by atoms with Gasteiger partial charge in [-0.15, -0.1) is 0 Å². The van der Waals surface area contributed by atoms with Crippen LogP contribution in [0.3, 0.4) is 0 Å². The van der Waals surface area contributed by atoms with Crippen LogP contribution in [0.5, 0.6) is 11.5 Å². The molecule has 3 amide bonds. The minimum absolute atomic E-state index is 0.0161. The fourth-order valence-electron chi connectivity index (χ4n) is 4.73. The van der Waals surface area contributed by atoms with Gasteiger partial charge < -0.3 is 29.7 Å². The van der Waals surface area contributed by atoms with Gasteiger partial charge in [0.25, 0.3) is 0 Å². The van der Waals surface area contributed by atoms with Gasteiger partial charge in [0.15, 0.2) is 11.5 Å². The fourth-order valence-corrected chi connectivity index (χ4v) is 4.73. The Morgan fingerprint density at radius 3 is 2.47 bits per heavy atom. The van der Waals surface area contributed by atoms with Gasteiger partial charge in [0.1, 0.15) is 18.3 Å². The minimum Gasteiger partial charge on any atom is -0.486 e. The Kier molecular flexibility index (Phi) is 7.70. The number of nitrogens with one attached hydrogen (secondary N) is 2. The average Bonchev–Trinajstić information content (AvgIpc) is 2.78. The van der Waals surface area contributed by atoms with E-state index in [9.17, 15) is 9.59 Å². The second kappa shape index (κ2) is 10.7. The van der Waals surface area contributed by atoms with E-state index in [1.807, 2.05) is 45.0 Å². The Morgan fingerprint density at radius 2 is 1.74 bits per heavy atom. The molecule has 2 atom stereocenters. The van der Waals surface area contributed by atoms with Crippen molar-refractivity contribution in [2.75, 3.05) is 39.3 Å². The molecule has 2 N–H and O–H groups in total. The molecule has 3 heterocycles. The first-order valence-corrected chi connectivity index (χ1v) is 12.4. The maximum Gasteiger partial charge on any atom is 0.410 e. The Bertz CT molecular complexity index is 850. The second-order valence-corrected chi connectivity index (χ2v) is 10.5. The van der Waals surface area contributed by atoms with Gasteiger partial charge in [-0.2, -0.15) is 0 Å². The van der Waals surface area contributed by atoms with E-state index in [1.165, 1.54) is 0 Å². The lowest BCUT2D eigenvalue weighted by Crippen LogP contribution is -2.55. The number of carbonyl (C=O) groups is 2. The highest BCUT2D eigenvalue weighted by atomic mass is 16.6. The van der Waals surface area contributed by atoms with E-state index in [0.29, 0.717) is 19.7 Å². The number of fused-ring (bicyclic) bond motifs is 1. The van der Waals surface area contributed by atoms with E-state index < -0.39 is 5.60 Å². The highest BCUT2D eigenvalue weighted by molar-refractivity contribution is 5.74. The van der Waals surface area contributed by atoms with E-state index in [0.717, 1.165) is 56.8 Å². The maximum absolute atomic E-state index is 12.6. The van der Waals surface area contributed by atoms with Crippen LogP contribution >= 0.6 is 0 Å². The van der Waals surface area contributed by atoms with Crippen molar-refractivity contribution in [3.8, 4) is 11.5 Å². The molecule has 9 heteroatoms. The van der Waals surface area contributed by atoms with Crippen molar-refractivity contribution < 1.29 is 23.8 Å². The van der Waals surface area contributed by atoms with Gasteiger partial charge in [-0.1, -0.05) is 12.1 Å². The fraction of sp³-hybridized carbons (Fsp3) is 0.680. The van der Waals surface area contributed by atoms with Crippen molar-refractivity contribution in [3.05, 3.63) is 24.3 Å². The zero-order valence-corrected chi connectivity index (χ0v) is 20.5. The molecule has 2 saturated heterocycles. The standard InChI is InChI=1S/C25H38N4O5/c1-25(2,3)34-24(31)29-13-10-18(11-14-29)26-23(30)27-19-7-6-12-28(15-19)16-20-17-32-21-8-4-5-9-22(21)33-20/h4-5,8-9,18-20H,6-7,10-17H2,1-3H3,(H2,26,27,30). The first-order chi connectivity index (χ1) is 16.2. The van der Waals surface area contributed by atoms with E-state index in [2.05, 4.69) is 15.5 Å². The van der Waals surface area contributed by atoms with Crippen LogP contribution in [0, 0.1) is 0 Å². The number of para-hydroxylation sites is 2. The van der Waals surface area contributed by atoms with E-state index in [4.69, 9.17) is 14.2 Å². The summed E-state index contributed by atoms with van der Waals surface area (Å²) in [5.41, 5.74) is -0.499. The van der Waals surface area contributed by atoms with Crippen molar-refractivity contribution in [3.63, 3.8) is 0 Å². The molecule has 0 radical (unpaired) electrons. The Labute approximate surface area is 202 Å². The maximum atomic E-state index is 12.6. The number of piperidine rings is 2. The van der Waals surface area contributed by atoms with Crippen LogP contribution in [-0.2, 0) is 4.74 Å². The van der Waals surface area contributed by atoms with Gasteiger partial charge in [0.05, 0.1) is 0 Å². The highest BCUT2D eigenvalue weighted by Gasteiger charge is 2.30. The number of nitrogens with zero attached hydrogens (tertiary/aromatic N) is 2. The summed E-state index contributed by atoms with van der Waals surface area (Å²) in [5.74, 6) is 1.59. The van der Waals surface area contributed by atoms with Gasteiger partial charge in [-0.3, -0.25) is 4.90 Å². The summed E-state index contributed by atoms with van der Waals surface area (Å²) in [5, 5.41) is 6.23. The van der Waals surface area contributed by atoms with Crippen molar-refractivity contribution in [2.24, 2.45) is 0 Å². The first kappa shape index (κ1) is 24.4. The predicted molar refractivity (Wildman–Crippen MR) is 128 cm³/mol. The topological polar surface area (TPSA) is 92.4 Å². The molecule has 0 saturated carbocycles. The molecule has 0 aromatic heterocycles. The molecule has 2 fully saturated rings. The number of hydrogen-bond acceptors (Lipinski definition) is 6. The average molecular weight is 475 g/mol. The lowest BCUT2D eigenvalue weighted by Gasteiger charge is -2.37. The van der Waals surface area contributed by atoms with Gasteiger partial charge >= 0.3 is 12.1 Å². The van der Waals surface area contributed by atoms with Crippen LogP contribution in [0.2, 0.25) is 0 Å². The van der Waals surface area contributed by atoms with E-state index in [1.54, 1.807) is 4.90 Å². The Balaban J connectivity index is 1.17. The molecule has 34 heavy (non-hydrogen) atoms. The molecule has 0 bridgehead atoms. The van der Waals surface area contributed by atoms with E-state index >= 15 is 0 Å². The van der Waals surface area contributed by atoms with Crippen LogP contribution in [0.4, 0.5) is 9.59 Å². The quantitative estimate of drug-likeness (QED) is 0.697. The molecule has 0 spiro atoms. The van der Waals surface area contributed by atoms with Crippen LogP contribution < -0.4 is 20.1 Å². The molecule has 3 aliphatic rings. The summed E-state index contributed by atoms with van der Waals surface area (Å²) in [6.45, 7) is 9.87. The summed E-state index contributed by atoms with van der Waals surface area (Å²) in [6, 6.07) is 7.79. The number of benzene rings is 1. The predicted octanol–water partition coefficient (Wildman–Crippen LogP) is 2.99. The third-order valence-corrected chi connectivity index (χ3v) is 6.35. The lowest BCUT2D eigenvalue weighted by molar-refractivity contribution is 0.0201. The molecule has 1 aromatic carbocycles. The molecule has 2 unspecified atom stereocenters. The summed E-state index contributed by atoms with van der Waals surface area (Å²) in [7, 11) is 0. The highest BCUT2D eigenvalue weighted by Crippen LogP contribution is 2.31. The van der Waals surface area contributed by atoms with Crippen molar-refractivity contribution in [2.45, 2.75) is 70.2 Å². The lowest BCUT2D eigenvalue weighted by atomic mass is 10.0. The SMILES string of the molecule is CC(C)(C)OC(=O)N1CCC(NC(=O)NC2CCCN(CC3COc4ccccc4O3)C2)CC1. The van der Waals surface area contributed by atoms with Crippen molar-refractivity contribution >= 4 is 12.1 Å². The van der Waals surface area contributed by atoms with Gasteiger partial charge in [-0.25, -0.2) is 9.59 Å². The van der Waals surface area contributed by atoms with E-state index in [-0.39, 0.29) is 30.3 Å². The third kappa shape index (κ3) is 6.91. The molecule has 9 nitrogen and oxygen atoms in total. The third-order valence-electron chi connectivity index (χ3n) is 6.35. The van der Waals surface area contributed by atoms with Crippen molar-refractivity contribution in [1.29, 1.82) is 0 Å². The van der Waals surface area contributed by atoms with Gasteiger partial charge in [0.2, 0.25) is 0 Å². The Morgan fingerprint density at radius 1 is 1.03 bits per heavy atom. The molecule has 4 rings (SSSR count).